The molecule has 1 N–H and O–H groups in total. The monoisotopic (exact) mass is 283 g/mol. The van der Waals surface area contributed by atoms with Crippen molar-refractivity contribution in [2.24, 2.45) is 0 Å². The van der Waals surface area contributed by atoms with E-state index in [1.807, 2.05) is 0 Å². The Hall–Kier alpha value is -1.10. The van der Waals surface area contributed by atoms with Gasteiger partial charge in [-0.25, -0.2) is 4.68 Å². The van der Waals surface area contributed by atoms with Gasteiger partial charge in [0.15, 0.2) is 0 Å². The highest BCUT2D eigenvalue weighted by molar-refractivity contribution is 6.37. The first-order valence-electron chi connectivity index (χ1n) is 5.72. The molecule has 0 spiro atoms. The number of nitrogens with zero attached hydrogens (tertiary/aromatic N) is 3. The van der Waals surface area contributed by atoms with E-state index in [1.54, 1.807) is 22.9 Å². The van der Waals surface area contributed by atoms with Gasteiger partial charge in [-0.15, -0.1) is 5.10 Å². The second-order valence-electron chi connectivity index (χ2n) is 4.34. The largest absolute Gasteiger partial charge is 0.390 e. The fourth-order valence-electron chi connectivity index (χ4n) is 2.01. The van der Waals surface area contributed by atoms with Gasteiger partial charge >= 0.3 is 0 Å². The van der Waals surface area contributed by atoms with Crippen molar-refractivity contribution in [2.75, 3.05) is 0 Å². The fraction of sp³-hybridized carbons (Fsp3) is 0.333. The quantitative estimate of drug-likeness (QED) is 0.942. The first kappa shape index (κ1) is 12.0. The molecule has 4 nitrogen and oxygen atoms in total. The standard InChI is InChI=1S/C12H11Cl2N3O/c13-8-2-1-3-9(14)12(8)17-10(6-18)11(15-16-17)7-4-5-7/h1-3,7,18H,4-6H2. The van der Waals surface area contributed by atoms with Gasteiger partial charge in [-0.3, -0.25) is 0 Å². The number of halogens is 2. The topological polar surface area (TPSA) is 50.9 Å². The maximum atomic E-state index is 9.52. The molecule has 0 bridgehead atoms. The van der Waals surface area contributed by atoms with Crippen LogP contribution in [0.2, 0.25) is 10.0 Å². The highest BCUT2D eigenvalue weighted by Gasteiger charge is 2.31. The molecule has 0 saturated heterocycles. The van der Waals surface area contributed by atoms with E-state index in [9.17, 15) is 5.11 Å². The molecular formula is C12H11Cl2N3O. The summed E-state index contributed by atoms with van der Waals surface area (Å²) in [6, 6.07) is 5.25. The zero-order valence-electron chi connectivity index (χ0n) is 9.48. The van der Waals surface area contributed by atoms with Crippen molar-refractivity contribution in [3.8, 4) is 5.69 Å². The Balaban J connectivity index is 2.16. The van der Waals surface area contributed by atoms with Crippen LogP contribution in [0.15, 0.2) is 18.2 Å². The van der Waals surface area contributed by atoms with Gasteiger partial charge in [0.05, 0.1) is 28.0 Å². The third-order valence-electron chi connectivity index (χ3n) is 3.06. The molecule has 94 valence electrons. The summed E-state index contributed by atoms with van der Waals surface area (Å²) in [6.45, 7) is -0.125. The van der Waals surface area contributed by atoms with Crippen LogP contribution in [-0.4, -0.2) is 20.1 Å². The molecule has 6 heteroatoms. The predicted molar refractivity (Wildman–Crippen MR) is 69.3 cm³/mol. The Morgan fingerprint density at radius 2 is 1.94 bits per heavy atom. The molecule has 18 heavy (non-hydrogen) atoms. The van der Waals surface area contributed by atoms with Crippen molar-refractivity contribution in [1.29, 1.82) is 0 Å². The number of aliphatic hydroxyl groups excluding tert-OH is 1. The number of hydrogen-bond acceptors (Lipinski definition) is 3. The average Bonchev–Trinajstić information content (AvgIpc) is 3.10. The molecule has 1 heterocycles. The molecule has 1 fully saturated rings. The molecule has 1 saturated carbocycles. The number of benzene rings is 1. The fourth-order valence-corrected chi connectivity index (χ4v) is 2.56. The van der Waals surface area contributed by atoms with E-state index in [0.29, 0.717) is 27.3 Å². The number of para-hydroxylation sites is 1. The summed E-state index contributed by atoms with van der Waals surface area (Å²) in [4.78, 5) is 0. The summed E-state index contributed by atoms with van der Waals surface area (Å²) in [7, 11) is 0. The van der Waals surface area contributed by atoms with E-state index in [0.717, 1.165) is 18.5 Å². The van der Waals surface area contributed by atoms with Gasteiger partial charge in [0, 0.05) is 5.92 Å². The van der Waals surface area contributed by atoms with Crippen molar-refractivity contribution >= 4 is 23.2 Å². The highest BCUT2D eigenvalue weighted by Crippen LogP contribution is 2.41. The summed E-state index contributed by atoms with van der Waals surface area (Å²) in [5.74, 6) is 0.419. The second-order valence-corrected chi connectivity index (χ2v) is 5.15. The van der Waals surface area contributed by atoms with E-state index < -0.39 is 0 Å². The lowest BCUT2D eigenvalue weighted by atomic mass is 10.2. The van der Waals surface area contributed by atoms with Gasteiger partial charge in [0.1, 0.15) is 5.69 Å². The zero-order chi connectivity index (χ0) is 12.7. The minimum atomic E-state index is -0.125. The van der Waals surface area contributed by atoms with Gasteiger partial charge in [-0.05, 0) is 25.0 Å². The molecule has 1 aliphatic carbocycles. The van der Waals surface area contributed by atoms with Gasteiger partial charge in [-0.1, -0.05) is 34.5 Å². The summed E-state index contributed by atoms with van der Waals surface area (Å²) in [5, 5.41) is 18.7. The van der Waals surface area contributed by atoms with Crippen LogP contribution >= 0.6 is 23.2 Å². The Labute approximate surface area is 114 Å². The smallest absolute Gasteiger partial charge is 0.104 e. The number of hydrogen-bond donors (Lipinski definition) is 1. The van der Waals surface area contributed by atoms with Crippen LogP contribution in [0.5, 0.6) is 0 Å². The van der Waals surface area contributed by atoms with Crippen LogP contribution in [0.4, 0.5) is 0 Å². The maximum absolute atomic E-state index is 9.52. The van der Waals surface area contributed by atoms with Crippen LogP contribution in [0.3, 0.4) is 0 Å². The zero-order valence-corrected chi connectivity index (χ0v) is 11.0. The van der Waals surface area contributed by atoms with Crippen molar-refractivity contribution < 1.29 is 5.11 Å². The molecule has 0 unspecified atom stereocenters. The molecule has 1 aromatic carbocycles. The molecule has 1 aliphatic rings. The second kappa shape index (κ2) is 4.53. The molecule has 3 rings (SSSR count). The lowest BCUT2D eigenvalue weighted by Gasteiger charge is -2.09. The summed E-state index contributed by atoms with van der Waals surface area (Å²) in [5.41, 5.74) is 2.10. The minimum Gasteiger partial charge on any atom is -0.390 e. The molecule has 0 aliphatic heterocycles. The molecular weight excluding hydrogens is 273 g/mol. The average molecular weight is 284 g/mol. The van der Waals surface area contributed by atoms with Gasteiger partial charge in [0.25, 0.3) is 0 Å². The van der Waals surface area contributed by atoms with E-state index in [1.165, 1.54) is 0 Å². The lowest BCUT2D eigenvalue weighted by Crippen LogP contribution is -2.05. The Morgan fingerprint density at radius 1 is 1.28 bits per heavy atom. The number of aliphatic hydroxyl groups is 1. The van der Waals surface area contributed by atoms with Gasteiger partial charge in [0.2, 0.25) is 0 Å². The maximum Gasteiger partial charge on any atom is 0.104 e. The summed E-state index contributed by atoms with van der Waals surface area (Å²) >= 11 is 12.3. The van der Waals surface area contributed by atoms with Crippen molar-refractivity contribution in [3.63, 3.8) is 0 Å². The third kappa shape index (κ3) is 1.90. The molecule has 0 amide bonds. The number of aromatic nitrogens is 3. The molecule has 0 radical (unpaired) electrons. The first-order chi connectivity index (χ1) is 8.72. The number of rotatable bonds is 3. The summed E-state index contributed by atoms with van der Waals surface area (Å²) in [6.07, 6.45) is 2.20. The van der Waals surface area contributed by atoms with E-state index in [-0.39, 0.29) is 6.61 Å². The Morgan fingerprint density at radius 3 is 2.50 bits per heavy atom. The van der Waals surface area contributed by atoms with Crippen LogP contribution < -0.4 is 0 Å². The van der Waals surface area contributed by atoms with E-state index >= 15 is 0 Å². The van der Waals surface area contributed by atoms with Crippen molar-refractivity contribution in [2.45, 2.75) is 25.4 Å². The third-order valence-corrected chi connectivity index (χ3v) is 3.67. The van der Waals surface area contributed by atoms with E-state index in [2.05, 4.69) is 10.3 Å². The first-order valence-corrected chi connectivity index (χ1v) is 6.47. The van der Waals surface area contributed by atoms with E-state index in [4.69, 9.17) is 23.2 Å². The molecule has 2 aromatic rings. The predicted octanol–water partition coefficient (Wildman–Crippen LogP) is 2.94. The van der Waals surface area contributed by atoms with Gasteiger partial charge in [-0.2, -0.15) is 0 Å². The Bertz CT molecular complexity index is 573. The van der Waals surface area contributed by atoms with Gasteiger partial charge < -0.3 is 5.11 Å². The van der Waals surface area contributed by atoms with Crippen molar-refractivity contribution in [3.05, 3.63) is 39.6 Å². The van der Waals surface area contributed by atoms with Crippen LogP contribution in [0.25, 0.3) is 5.69 Å². The Kier molecular flexibility index (Phi) is 3.01. The lowest BCUT2D eigenvalue weighted by molar-refractivity contribution is 0.272. The van der Waals surface area contributed by atoms with Crippen LogP contribution in [0, 0.1) is 0 Å². The minimum absolute atomic E-state index is 0.125. The van der Waals surface area contributed by atoms with Crippen LogP contribution in [-0.2, 0) is 6.61 Å². The van der Waals surface area contributed by atoms with Crippen molar-refractivity contribution in [1.82, 2.24) is 15.0 Å². The molecule has 1 aromatic heterocycles. The van der Waals surface area contributed by atoms with Crippen LogP contribution in [0.1, 0.15) is 30.1 Å². The molecule has 0 atom stereocenters. The SMILES string of the molecule is OCc1c(C2CC2)nnn1-c1c(Cl)cccc1Cl. The highest BCUT2D eigenvalue weighted by atomic mass is 35.5. The summed E-state index contributed by atoms with van der Waals surface area (Å²) < 4.78 is 1.54. The normalized spacial score (nSPS) is 15.1.